The highest BCUT2D eigenvalue weighted by Gasteiger charge is 2.19. The molecule has 6 heteroatoms. The summed E-state index contributed by atoms with van der Waals surface area (Å²) in [4.78, 5) is 38.2. The lowest BCUT2D eigenvalue weighted by Crippen LogP contribution is -2.30. The molecule has 0 rings (SSSR count). The van der Waals surface area contributed by atoms with Crippen LogP contribution < -0.4 is 0 Å². The van der Waals surface area contributed by atoms with Crippen molar-refractivity contribution < 1.29 is 28.6 Å². The van der Waals surface area contributed by atoms with E-state index in [1.165, 1.54) is 167 Å². The molecule has 6 nitrogen and oxygen atoms in total. The van der Waals surface area contributed by atoms with Gasteiger partial charge in [0.15, 0.2) is 6.10 Å². The van der Waals surface area contributed by atoms with Crippen LogP contribution in [0.3, 0.4) is 0 Å². The fraction of sp³-hybridized carbons (Fsp3) is 0.766. The maximum absolute atomic E-state index is 12.9. The molecule has 0 spiro atoms. The highest BCUT2D eigenvalue weighted by atomic mass is 16.6. The van der Waals surface area contributed by atoms with Gasteiger partial charge < -0.3 is 14.2 Å². The molecule has 0 aliphatic rings. The number of hydrogen-bond donors (Lipinski definition) is 0. The standard InChI is InChI=1S/C64H112O6/c1-4-7-10-13-16-19-22-25-28-30-32-34-36-39-42-45-48-51-54-57-63(66)69-60-61(59-68-62(65)56-53-50-47-44-41-38-27-24-21-18-15-12-9-6-3)70-64(67)58-55-52-49-46-43-40-37-35-33-31-29-26-23-20-17-14-11-8-5-2/h16,19,24-29,32,34,39,42,61H,4-15,17-18,20-23,30-31,33,35-38,40-41,43-60H2,1-3H3/b19-16+,27-24+,28-25+,29-26+,34-32+,42-39+/t61-/m1/s1. The van der Waals surface area contributed by atoms with Crippen molar-refractivity contribution >= 4 is 17.9 Å². The fourth-order valence-electron chi connectivity index (χ4n) is 8.36. The molecule has 0 aromatic heterocycles. The van der Waals surface area contributed by atoms with Gasteiger partial charge in [0.2, 0.25) is 0 Å². The van der Waals surface area contributed by atoms with Crippen molar-refractivity contribution in [3.63, 3.8) is 0 Å². The molecule has 404 valence electrons. The van der Waals surface area contributed by atoms with Crippen molar-refractivity contribution in [1.29, 1.82) is 0 Å². The van der Waals surface area contributed by atoms with Crippen LogP contribution in [0.2, 0.25) is 0 Å². The van der Waals surface area contributed by atoms with E-state index in [9.17, 15) is 14.4 Å². The Morgan fingerprint density at radius 3 is 0.857 bits per heavy atom. The average Bonchev–Trinajstić information content (AvgIpc) is 3.36. The molecule has 0 amide bonds. The van der Waals surface area contributed by atoms with Crippen molar-refractivity contribution in [3.05, 3.63) is 72.9 Å². The third-order valence-electron chi connectivity index (χ3n) is 12.9. The van der Waals surface area contributed by atoms with Crippen molar-refractivity contribution in [2.75, 3.05) is 13.2 Å². The van der Waals surface area contributed by atoms with Gasteiger partial charge in [0.05, 0.1) is 0 Å². The van der Waals surface area contributed by atoms with E-state index in [4.69, 9.17) is 14.2 Å². The number of unbranched alkanes of at least 4 members (excludes halogenated alkanes) is 31. The molecule has 0 aromatic carbocycles. The van der Waals surface area contributed by atoms with E-state index in [1.54, 1.807) is 0 Å². The van der Waals surface area contributed by atoms with E-state index in [1.807, 2.05) is 0 Å². The van der Waals surface area contributed by atoms with Gasteiger partial charge in [0.1, 0.15) is 13.2 Å². The van der Waals surface area contributed by atoms with Crippen molar-refractivity contribution in [3.8, 4) is 0 Å². The predicted octanol–water partition coefficient (Wildman–Crippen LogP) is 20.2. The Balaban J connectivity index is 4.43. The summed E-state index contributed by atoms with van der Waals surface area (Å²) in [6.45, 7) is 6.59. The zero-order valence-electron chi connectivity index (χ0n) is 46.3. The van der Waals surface area contributed by atoms with Crippen LogP contribution in [-0.2, 0) is 28.6 Å². The van der Waals surface area contributed by atoms with Crippen LogP contribution in [0.25, 0.3) is 0 Å². The summed E-state index contributed by atoms with van der Waals surface area (Å²) in [6, 6.07) is 0. The molecule has 0 saturated carbocycles. The molecule has 0 unspecified atom stereocenters. The fourth-order valence-corrected chi connectivity index (χ4v) is 8.36. The molecule has 0 fully saturated rings. The molecular weight excluding hydrogens is 865 g/mol. The largest absolute Gasteiger partial charge is 0.462 e. The average molecular weight is 978 g/mol. The van der Waals surface area contributed by atoms with Crippen LogP contribution in [0.4, 0.5) is 0 Å². The van der Waals surface area contributed by atoms with Crippen LogP contribution in [0.5, 0.6) is 0 Å². The minimum atomic E-state index is -0.793. The minimum absolute atomic E-state index is 0.0899. The Bertz CT molecular complexity index is 1310. The van der Waals surface area contributed by atoms with Crippen molar-refractivity contribution in [1.82, 2.24) is 0 Å². The molecule has 0 aliphatic carbocycles. The second-order valence-electron chi connectivity index (χ2n) is 19.9. The van der Waals surface area contributed by atoms with Gasteiger partial charge in [0, 0.05) is 19.3 Å². The monoisotopic (exact) mass is 977 g/mol. The minimum Gasteiger partial charge on any atom is -0.462 e. The molecule has 1 atom stereocenters. The summed E-state index contributed by atoms with van der Waals surface area (Å²) in [7, 11) is 0. The SMILES string of the molecule is CCCCC/C=C/C/C=C/C/C=C/C/C=C/CCCCCC(=O)OC[C@@H](COC(=O)CCCCCCC/C=C/CCCCCCC)OC(=O)CCCCCCCCCCC/C=C/CCCCCCCC. The summed E-state index contributed by atoms with van der Waals surface area (Å²) in [6.07, 6.45) is 74.6. The summed E-state index contributed by atoms with van der Waals surface area (Å²) >= 11 is 0. The van der Waals surface area contributed by atoms with Crippen LogP contribution in [0.15, 0.2) is 72.9 Å². The third-order valence-corrected chi connectivity index (χ3v) is 12.9. The first kappa shape index (κ1) is 66.9. The van der Waals surface area contributed by atoms with Gasteiger partial charge in [-0.05, 0) is 116 Å². The van der Waals surface area contributed by atoms with Gasteiger partial charge in [-0.3, -0.25) is 14.4 Å². The molecule has 0 saturated heterocycles. The molecule has 0 N–H and O–H groups in total. The molecule has 0 radical (unpaired) electrons. The quantitative estimate of drug-likeness (QED) is 0.0261. The zero-order chi connectivity index (χ0) is 50.7. The van der Waals surface area contributed by atoms with E-state index >= 15 is 0 Å². The summed E-state index contributed by atoms with van der Waals surface area (Å²) < 4.78 is 16.9. The topological polar surface area (TPSA) is 78.9 Å². The van der Waals surface area contributed by atoms with Crippen molar-refractivity contribution in [2.45, 2.75) is 303 Å². The van der Waals surface area contributed by atoms with Gasteiger partial charge in [-0.2, -0.15) is 0 Å². The first-order chi connectivity index (χ1) is 34.5. The first-order valence-electron chi connectivity index (χ1n) is 29.9. The molecule has 70 heavy (non-hydrogen) atoms. The van der Waals surface area contributed by atoms with Gasteiger partial charge in [-0.25, -0.2) is 0 Å². The van der Waals surface area contributed by atoms with Gasteiger partial charge in [-0.15, -0.1) is 0 Å². The molecule has 0 heterocycles. The van der Waals surface area contributed by atoms with Crippen LogP contribution in [0.1, 0.15) is 297 Å². The molecule has 0 aliphatic heterocycles. The Kier molecular flexibility index (Phi) is 55.8. The van der Waals surface area contributed by atoms with E-state index in [2.05, 4.69) is 93.7 Å². The smallest absolute Gasteiger partial charge is 0.306 e. The van der Waals surface area contributed by atoms with E-state index in [0.29, 0.717) is 19.3 Å². The zero-order valence-corrected chi connectivity index (χ0v) is 46.3. The van der Waals surface area contributed by atoms with Crippen LogP contribution >= 0.6 is 0 Å². The highest BCUT2D eigenvalue weighted by molar-refractivity contribution is 5.71. The van der Waals surface area contributed by atoms with Gasteiger partial charge in [-0.1, -0.05) is 235 Å². The molecule has 0 aromatic rings. The number of carbonyl (C=O) groups excluding carboxylic acids is 3. The number of hydrogen-bond acceptors (Lipinski definition) is 6. The second kappa shape index (κ2) is 58.4. The van der Waals surface area contributed by atoms with Crippen LogP contribution in [-0.4, -0.2) is 37.2 Å². The Labute approximate surface area is 433 Å². The number of allylic oxidation sites excluding steroid dienone is 12. The number of rotatable bonds is 54. The van der Waals surface area contributed by atoms with E-state index < -0.39 is 6.10 Å². The van der Waals surface area contributed by atoms with Crippen molar-refractivity contribution in [2.24, 2.45) is 0 Å². The number of esters is 3. The summed E-state index contributed by atoms with van der Waals surface area (Å²) in [5.41, 5.74) is 0. The highest BCUT2D eigenvalue weighted by Crippen LogP contribution is 2.15. The third kappa shape index (κ3) is 55.8. The maximum atomic E-state index is 12.9. The lowest BCUT2D eigenvalue weighted by atomic mass is 10.1. The van der Waals surface area contributed by atoms with E-state index in [0.717, 1.165) is 89.9 Å². The molecule has 0 bridgehead atoms. The number of ether oxygens (including phenoxy) is 3. The number of carbonyl (C=O) groups is 3. The summed E-state index contributed by atoms with van der Waals surface area (Å²) in [5, 5.41) is 0. The second-order valence-corrected chi connectivity index (χ2v) is 19.9. The maximum Gasteiger partial charge on any atom is 0.306 e. The van der Waals surface area contributed by atoms with Gasteiger partial charge >= 0.3 is 17.9 Å². The Morgan fingerprint density at radius 1 is 0.286 bits per heavy atom. The normalized spacial score (nSPS) is 12.6. The lowest BCUT2D eigenvalue weighted by Gasteiger charge is -2.18. The summed E-state index contributed by atoms with van der Waals surface area (Å²) in [5.74, 6) is -0.922. The predicted molar refractivity (Wildman–Crippen MR) is 302 cm³/mol. The Morgan fingerprint density at radius 2 is 0.514 bits per heavy atom. The first-order valence-corrected chi connectivity index (χ1v) is 29.9. The van der Waals surface area contributed by atoms with E-state index in [-0.39, 0.29) is 31.1 Å². The van der Waals surface area contributed by atoms with Gasteiger partial charge in [0.25, 0.3) is 0 Å². The lowest BCUT2D eigenvalue weighted by molar-refractivity contribution is -0.167. The molecular formula is C64H112O6. The van der Waals surface area contributed by atoms with Crippen LogP contribution in [0, 0.1) is 0 Å². The Hall–Kier alpha value is -3.15.